The molecule has 3 aromatic rings. The molecule has 3 heterocycles. The van der Waals surface area contributed by atoms with Crippen LogP contribution in [-0.2, 0) is 7.05 Å². The van der Waals surface area contributed by atoms with E-state index in [1.165, 1.54) is 55.4 Å². The highest BCUT2D eigenvalue weighted by atomic mass is 15.2. The zero-order chi connectivity index (χ0) is 20.3. The third-order valence-electron chi connectivity index (χ3n) is 6.37. The van der Waals surface area contributed by atoms with Crippen LogP contribution in [0.1, 0.15) is 36.1 Å². The van der Waals surface area contributed by atoms with Crippen LogP contribution in [0.5, 0.6) is 0 Å². The third kappa shape index (κ3) is 4.25. The second-order valence-electron chi connectivity index (χ2n) is 8.57. The molecule has 0 spiro atoms. The Bertz CT molecular complexity index is 1070. The van der Waals surface area contributed by atoms with Crippen LogP contribution < -0.4 is 5.32 Å². The third-order valence-corrected chi connectivity index (χ3v) is 6.37. The minimum Gasteiger partial charge on any atom is -0.314 e. The van der Waals surface area contributed by atoms with Gasteiger partial charge in [-0.05, 0) is 60.6 Å². The van der Waals surface area contributed by atoms with Gasteiger partial charge in [0.25, 0.3) is 0 Å². The average molecular weight is 403 g/mol. The number of aromatic amines is 1. The zero-order valence-electron chi connectivity index (χ0n) is 17.6. The first kappa shape index (κ1) is 19.3. The first-order valence-corrected chi connectivity index (χ1v) is 11.0. The van der Waals surface area contributed by atoms with Crippen LogP contribution in [0.25, 0.3) is 28.6 Å². The number of aryl methyl sites for hydroxylation is 1. The van der Waals surface area contributed by atoms with Crippen LogP contribution in [-0.4, -0.2) is 57.6 Å². The number of allylic oxidation sites excluding steroid dienone is 2. The van der Waals surface area contributed by atoms with E-state index in [1.807, 2.05) is 24.1 Å². The topological polar surface area (TPSA) is 61.8 Å². The molecule has 30 heavy (non-hydrogen) atoms. The molecule has 1 saturated heterocycles. The molecule has 1 aromatic carbocycles. The Labute approximate surface area is 177 Å². The number of H-pyrrole nitrogens is 1. The lowest BCUT2D eigenvalue weighted by atomic mass is 9.86. The van der Waals surface area contributed by atoms with Crippen molar-refractivity contribution in [2.75, 3.05) is 32.7 Å². The Hall–Kier alpha value is -2.70. The molecule has 156 valence electrons. The predicted octanol–water partition coefficient (Wildman–Crippen LogP) is 3.56. The molecule has 1 aliphatic heterocycles. The van der Waals surface area contributed by atoms with Gasteiger partial charge in [-0.25, -0.2) is 0 Å². The minimum absolute atomic E-state index is 0.794. The molecule has 6 nitrogen and oxygen atoms in total. The number of benzene rings is 1. The highest BCUT2D eigenvalue weighted by Crippen LogP contribution is 2.32. The molecule has 0 radical (unpaired) electrons. The summed E-state index contributed by atoms with van der Waals surface area (Å²) in [5, 5.41) is 16.5. The summed E-state index contributed by atoms with van der Waals surface area (Å²) in [4.78, 5) is 2.62. The van der Waals surface area contributed by atoms with Gasteiger partial charge in [-0.1, -0.05) is 12.1 Å². The number of hydrogen-bond donors (Lipinski definition) is 2. The molecule has 1 atom stereocenters. The quantitative estimate of drug-likeness (QED) is 0.685. The van der Waals surface area contributed by atoms with E-state index in [-0.39, 0.29) is 0 Å². The average Bonchev–Trinajstić information content (AvgIpc) is 3.39. The Morgan fingerprint density at radius 3 is 2.87 bits per heavy atom. The van der Waals surface area contributed by atoms with E-state index < -0.39 is 0 Å². The summed E-state index contributed by atoms with van der Waals surface area (Å²) in [6.07, 6.45) is 14.1. The van der Waals surface area contributed by atoms with E-state index >= 15 is 0 Å². The lowest BCUT2D eigenvalue weighted by Gasteiger charge is -2.32. The molecular formula is C24H30N6. The molecule has 2 aromatic heterocycles. The van der Waals surface area contributed by atoms with E-state index in [2.05, 4.69) is 61.9 Å². The van der Waals surface area contributed by atoms with Gasteiger partial charge in [-0.3, -0.25) is 9.78 Å². The van der Waals surface area contributed by atoms with Gasteiger partial charge in [0.15, 0.2) is 0 Å². The number of rotatable bonds is 5. The number of piperazine rings is 1. The summed E-state index contributed by atoms with van der Waals surface area (Å²) >= 11 is 0. The Balaban J connectivity index is 1.30. The van der Waals surface area contributed by atoms with Gasteiger partial charge in [-0.2, -0.15) is 10.2 Å². The Morgan fingerprint density at radius 1 is 1.20 bits per heavy atom. The Kier molecular flexibility index (Phi) is 5.51. The molecule has 1 fully saturated rings. The lowest BCUT2D eigenvalue weighted by Crippen LogP contribution is -2.45. The van der Waals surface area contributed by atoms with E-state index in [0.717, 1.165) is 35.8 Å². The maximum absolute atomic E-state index is 4.51. The van der Waals surface area contributed by atoms with Crippen LogP contribution in [0.15, 0.2) is 36.7 Å². The van der Waals surface area contributed by atoms with Crippen LogP contribution in [0, 0.1) is 5.92 Å². The molecule has 2 N–H and O–H groups in total. The van der Waals surface area contributed by atoms with Crippen molar-refractivity contribution in [3.63, 3.8) is 0 Å². The monoisotopic (exact) mass is 402 g/mol. The molecule has 0 saturated carbocycles. The maximum Gasteiger partial charge on any atom is 0.0927 e. The van der Waals surface area contributed by atoms with Gasteiger partial charge in [-0.15, -0.1) is 0 Å². The van der Waals surface area contributed by atoms with Crippen LogP contribution in [0.4, 0.5) is 0 Å². The molecule has 0 amide bonds. The summed E-state index contributed by atoms with van der Waals surface area (Å²) in [6.45, 7) is 5.90. The lowest BCUT2D eigenvalue weighted by molar-refractivity contribution is 0.200. The van der Waals surface area contributed by atoms with E-state index in [0.29, 0.717) is 0 Å². The van der Waals surface area contributed by atoms with Crippen molar-refractivity contribution in [3.8, 4) is 0 Å². The van der Waals surface area contributed by atoms with E-state index in [4.69, 9.17) is 0 Å². The standard InChI is InChI=1S/C24H30N6/c1-29-16-19(15-26-29)4-8-23-22-14-21(7-9-24(22)28-27-23)20-5-2-18(3-6-20)17-30-12-10-25-11-13-30/h4-5,7-9,14-16,18,25H,2-3,6,10-13,17H2,1H3,(H,27,28)/b8-4+. The number of nitrogens with one attached hydrogen (secondary N) is 2. The summed E-state index contributed by atoms with van der Waals surface area (Å²) < 4.78 is 1.81. The number of nitrogens with zero attached hydrogens (tertiary/aromatic N) is 4. The minimum atomic E-state index is 0.794. The maximum atomic E-state index is 4.51. The van der Waals surface area contributed by atoms with Gasteiger partial charge in [0.1, 0.15) is 0 Å². The molecule has 1 unspecified atom stereocenters. The second kappa shape index (κ2) is 8.58. The predicted molar refractivity (Wildman–Crippen MR) is 123 cm³/mol. The normalized spacial score (nSPS) is 20.8. The fourth-order valence-corrected chi connectivity index (χ4v) is 4.64. The largest absolute Gasteiger partial charge is 0.314 e. The van der Waals surface area contributed by atoms with Gasteiger partial charge in [0.2, 0.25) is 0 Å². The van der Waals surface area contributed by atoms with Crippen LogP contribution >= 0.6 is 0 Å². The van der Waals surface area contributed by atoms with Crippen molar-refractivity contribution in [2.45, 2.75) is 19.3 Å². The fraction of sp³-hybridized carbons (Fsp3) is 0.417. The van der Waals surface area contributed by atoms with Crippen molar-refractivity contribution in [2.24, 2.45) is 13.0 Å². The summed E-state index contributed by atoms with van der Waals surface area (Å²) in [5.74, 6) is 0.794. The second-order valence-corrected chi connectivity index (χ2v) is 8.57. The number of hydrogen-bond acceptors (Lipinski definition) is 4. The van der Waals surface area contributed by atoms with E-state index in [9.17, 15) is 0 Å². The SMILES string of the molecule is Cn1cc(/C=C/c2n[nH]c3ccc(C4=CCC(CN5CCNCC5)CC4)cc23)cn1. The molecule has 5 rings (SSSR count). The van der Waals surface area contributed by atoms with Gasteiger partial charge < -0.3 is 10.2 Å². The zero-order valence-corrected chi connectivity index (χ0v) is 17.6. The number of aromatic nitrogens is 4. The molecule has 0 bridgehead atoms. The highest BCUT2D eigenvalue weighted by molar-refractivity contribution is 5.91. The fourth-order valence-electron chi connectivity index (χ4n) is 4.64. The highest BCUT2D eigenvalue weighted by Gasteiger charge is 2.20. The van der Waals surface area contributed by atoms with Gasteiger partial charge in [0.05, 0.1) is 17.4 Å². The summed E-state index contributed by atoms with van der Waals surface area (Å²) in [7, 11) is 1.93. The van der Waals surface area contributed by atoms with Crippen LogP contribution in [0.2, 0.25) is 0 Å². The number of fused-ring (bicyclic) bond motifs is 1. The molecule has 2 aliphatic rings. The molecular weight excluding hydrogens is 372 g/mol. The van der Waals surface area contributed by atoms with Crippen LogP contribution in [0.3, 0.4) is 0 Å². The van der Waals surface area contributed by atoms with E-state index in [1.54, 1.807) is 0 Å². The first-order valence-electron chi connectivity index (χ1n) is 11.0. The van der Waals surface area contributed by atoms with Crippen molar-refractivity contribution in [1.82, 2.24) is 30.2 Å². The van der Waals surface area contributed by atoms with Crippen molar-refractivity contribution in [3.05, 3.63) is 53.5 Å². The van der Waals surface area contributed by atoms with Crippen molar-refractivity contribution >= 4 is 28.6 Å². The van der Waals surface area contributed by atoms with Gasteiger partial charge >= 0.3 is 0 Å². The van der Waals surface area contributed by atoms with Crippen molar-refractivity contribution < 1.29 is 0 Å². The smallest absolute Gasteiger partial charge is 0.0927 e. The molecule has 1 aliphatic carbocycles. The summed E-state index contributed by atoms with van der Waals surface area (Å²) in [5.41, 5.74) is 5.95. The Morgan fingerprint density at radius 2 is 2.10 bits per heavy atom. The molecule has 6 heteroatoms. The summed E-state index contributed by atoms with van der Waals surface area (Å²) in [6, 6.07) is 6.69. The first-order chi connectivity index (χ1) is 14.7. The van der Waals surface area contributed by atoms with Gasteiger partial charge in [0, 0.05) is 56.9 Å². The van der Waals surface area contributed by atoms with Crippen molar-refractivity contribution in [1.29, 1.82) is 0 Å².